The molecule has 4 heteroatoms. The number of aryl methyl sites for hydroxylation is 2. The number of benzene rings is 1. The van der Waals surface area contributed by atoms with Gasteiger partial charge in [-0.1, -0.05) is 45.4 Å². The summed E-state index contributed by atoms with van der Waals surface area (Å²) in [5.74, 6) is 0. The smallest absolute Gasteiger partial charge is 0.317 e. The maximum absolute atomic E-state index is 12.2. The molecule has 1 aromatic rings. The monoisotopic (exact) mass is 317 g/mol. The van der Waals surface area contributed by atoms with Crippen LogP contribution in [0.5, 0.6) is 0 Å². The van der Waals surface area contributed by atoms with Crippen molar-refractivity contribution in [1.82, 2.24) is 10.2 Å². The fourth-order valence-electron chi connectivity index (χ4n) is 3.24. The Morgan fingerprint density at radius 2 is 1.65 bits per heavy atom. The zero-order valence-electron chi connectivity index (χ0n) is 14.9. The van der Waals surface area contributed by atoms with Crippen molar-refractivity contribution in [1.29, 1.82) is 0 Å². The summed E-state index contributed by atoms with van der Waals surface area (Å²) < 4.78 is 0. The predicted octanol–water partition coefficient (Wildman–Crippen LogP) is 3.44. The third-order valence-electron chi connectivity index (χ3n) is 4.65. The second-order valence-electron chi connectivity index (χ2n) is 6.19. The number of unbranched alkanes of at least 4 members (excludes halogenated alkanes) is 1. The third-order valence-corrected chi connectivity index (χ3v) is 4.65. The molecule has 0 atom stereocenters. The van der Waals surface area contributed by atoms with Gasteiger partial charge in [0.25, 0.3) is 0 Å². The number of hydrogen-bond donors (Lipinski definition) is 1. The highest BCUT2D eigenvalue weighted by Crippen LogP contribution is 2.27. The molecule has 0 unspecified atom stereocenters. The van der Waals surface area contributed by atoms with Crippen LogP contribution in [0.15, 0.2) is 18.2 Å². The van der Waals surface area contributed by atoms with Crippen molar-refractivity contribution in [3.63, 3.8) is 0 Å². The first-order chi connectivity index (χ1) is 11.2. The summed E-state index contributed by atoms with van der Waals surface area (Å²) in [6.07, 6.45) is 4.28. The topological polar surface area (TPSA) is 35.6 Å². The highest BCUT2D eigenvalue weighted by molar-refractivity contribution is 5.74. The molecule has 0 aliphatic carbocycles. The quantitative estimate of drug-likeness (QED) is 0.816. The molecule has 4 nitrogen and oxygen atoms in total. The summed E-state index contributed by atoms with van der Waals surface area (Å²) in [6.45, 7) is 10.8. The van der Waals surface area contributed by atoms with E-state index in [4.69, 9.17) is 0 Å². The average molecular weight is 317 g/mol. The molecule has 1 saturated heterocycles. The lowest BCUT2D eigenvalue weighted by molar-refractivity contribution is 0.194. The molecule has 0 radical (unpaired) electrons. The van der Waals surface area contributed by atoms with Gasteiger partial charge in [-0.15, -0.1) is 0 Å². The van der Waals surface area contributed by atoms with E-state index < -0.39 is 0 Å². The molecule has 2 rings (SSSR count). The van der Waals surface area contributed by atoms with Crippen LogP contribution in [0.2, 0.25) is 0 Å². The lowest BCUT2D eigenvalue weighted by Crippen LogP contribution is -2.52. The Morgan fingerprint density at radius 1 is 1.04 bits per heavy atom. The van der Waals surface area contributed by atoms with Gasteiger partial charge < -0.3 is 15.1 Å². The molecule has 1 N–H and O–H groups in total. The summed E-state index contributed by atoms with van der Waals surface area (Å²) in [5.41, 5.74) is 4.25. The van der Waals surface area contributed by atoms with E-state index in [2.05, 4.69) is 49.2 Å². The zero-order chi connectivity index (χ0) is 16.7. The maximum atomic E-state index is 12.2. The predicted molar refractivity (Wildman–Crippen MR) is 97.3 cm³/mol. The second kappa shape index (κ2) is 8.80. The zero-order valence-corrected chi connectivity index (χ0v) is 14.9. The van der Waals surface area contributed by atoms with Crippen LogP contribution >= 0.6 is 0 Å². The lowest BCUT2D eigenvalue weighted by Gasteiger charge is -2.38. The highest BCUT2D eigenvalue weighted by Gasteiger charge is 2.23. The van der Waals surface area contributed by atoms with E-state index in [0.717, 1.165) is 58.4 Å². The van der Waals surface area contributed by atoms with Crippen molar-refractivity contribution < 1.29 is 4.79 Å². The van der Waals surface area contributed by atoms with Gasteiger partial charge in [0.15, 0.2) is 0 Å². The number of anilines is 1. The second-order valence-corrected chi connectivity index (χ2v) is 6.19. The van der Waals surface area contributed by atoms with Gasteiger partial charge in [0.2, 0.25) is 0 Å². The Hall–Kier alpha value is -1.71. The number of urea groups is 1. The van der Waals surface area contributed by atoms with E-state index in [1.54, 1.807) is 0 Å². The van der Waals surface area contributed by atoms with E-state index in [1.807, 2.05) is 4.90 Å². The van der Waals surface area contributed by atoms with Gasteiger partial charge in [-0.25, -0.2) is 4.79 Å². The van der Waals surface area contributed by atoms with Gasteiger partial charge in [0, 0.05) is 38.4 Å². The maximum Gasteiger partial charge on any atom is 0.317 e. The Morgan fingerprint density at radius 3 is 2.17 bits per heavy atom. The van der Waals surface area contributed by atoms with Gasteiger partial charge in [-0.3, -0.25) is 0 Å². The summed E-state index contributed by atoms with van der Waals surface area (Å²) in [6, 6.07) is 6.73. The summed E-state index contributed by atoms with van der Waals surface area (Å²) >= 11 is 0. The van der Waals surface area contributed by atoms with Crippen molar-refractivity contribution in [2.45, 2.75) is 46.5 Å². The van der Waals surface area contributed by atoms with Gasteiger partial charge in [-0.2, -0.15) is 0 Å². The van der Waals surface area contributed by atoms with E-state index in [-0.39, 0.29) is 6.03 Å². The van der Waals surface area contributed by atoms with Crippen molar-refractivity contribution >= 4 is 11.7 Å². The molecule has 1 aliphatic heterocycles. The SMILES string of the molecule is CCCCNC(=O)N1CCN(c2c(CC)cccc2CC)CC1. The van der Waals surface area contributed by atoms with Crippen LogP contribution in [0, 0.1) is 0 Å². The van der Waals surface area contributed by atoms with Gasteiger partial charge in [0.05, 0.1) is 0 Å². The van der Waals surface area contributed by atoms with Crippen molar-refractivity contribution in [2.24, 2.45) is 0 Å². The van der Waals surface area contributed by atoms with Crippen LogP contribution in [0.3, 0.4) is 0 Å². The number of rotatable bonds is 6. The standard InChI is InChI=1S/C19H31N3O/c1-4-7-11-20-19(23)22-14-12-21(13-15-22)18-16(5-2)9-8-10-17(18)6-3/h8-10H,4-7,11-15H2,1-3H3,(H,20,23). The molecule has 0 bridgehead atoms. The number of piperazine rings is 1. The fourth-order valence-corrected chi connectivity index (χ4v) is 3.24. The van der Waals surface area contributed by atoms with Crippen molar-refractivity contribution in [3.05, 3.63) is 29.3 Å². The molecular formula is C19H31N3O. The Labute approximate surface area is 140 Å². The molecule has 1 heterocycles. The van der Waals surface area contributed by atoms with E-state index in [1.165, 1.54) is 16.8 Å². The molecule has 2 amide bonds. The minimum Gasteiger partial charge on any atom is -0.368 e. The van der Waals surface area contributed by atoms with Crippen molar-refractivity contribution in [2.75, 3.05) is 37.6 Å². The molecule has 1 aromatic carbocycles. The molecule has 128 valence electrons. The third kappa shape index (κ3) is 4.40. The molecule has 0 aromatic heterocycles. The number of hydrogen-bond acceptors (Lipinski definition) is 2. The van der Waals surface area contributed by atoms with Crippen LogP contribution in [-0.4, -0.2) is 43.7 Å². The number of nitrogens with zero attached hydrogens (tertiary/aromatic N) is 2. The van der Waals surface area contributed by atoms with Gasteiger partial charge >= 0.3 is 6.03 Å². The van der Waals surface area contributed by atoms with E-state index in [0.29, 0.717) is 0 Å². The molecule has 0 saturated carbocycles. The Kier molecular flexibility index (Phi) is 6.75. The van der Waals surface area contributed by atoms with Crippen molar-refractivity contribution in [3.8, 4) is 0 Å². The number of nitrogens with one attached hydrogen (secondary N) is 1. The minimum atomic E-state index is 0.0950. The van der Waals surface area contributed by atoms with E-state index in [9.17, 15) is 4.79 Å². The van der Waals surface area contributed by atoms with Crippen LogP contribution in [0.4, 0.5) is 10.5 Å². The molecule has 0 spiro atoms. The Balaban J connectivity index is 1.98. The molecule has 1 fully saturated rings. The molecule has 23 heavy (non-hydrogen) atoms. The number of amides is 2. The number of carbonyl (C=O) groups excluding carboxylic acids is 1. The van der Waals surface area contributed by atoms with Crippen LogP contribution in [0.25, 0.3) is 0 Å². The van der Waals surface area contributed by atoms with Crippen LogP contribution in [0.1, 0.15) is 44.7 Å². The fraction of sp³-hybridized carbons (Fsp3) is 0.632. The summed E-state index contributed by atoms with van der Waals surface area (Å²) in [4.78, 5) is 16.6. The normalized spacial score (nSPS) is 14.9. The first-order valence-electron chi connectivity index (χ1n) is 9.09. The average Bonchev–Trinajstić information content (AvgIpc) is 2.61. The first kappa shape index (κ1) is 17.6. The molecule has 1 aliphatic rings. The molecular weight excluding hydrogens is 286 g/mol. The van der Waals surface area contributed by atoms with Gasteiger partial charge in [0.1, 0.15) is 0 Å². The van der Waals surface area contributed by atoms with Crippen LogP contribution < -0.4 is 10.2 Å². The lowest BCUT2D eigenvalue weighted by atomic mass is 10.0. The summed E-state index contributed by atoms with van der Waals surface area (Å²) in [5, 5.41) is 3.02. The van der Waals surface area contributed by atoms with Gasteiger partial charge in [-0.05, 0) is 30.4 Å². The number of carbonyl (C=O) groups is 1. The first-order valence-corrected chi connectivity index (χ1v) is 9.09. The minimum absolute atomic E-state index is 0.0950. The van der Waals surface area contributed by atoms with E-state index >= 15 is 0 Å². The van der Waals surface area contributed by atoms with Crippen LogP contribution in [-0.2, 0) is 12.8 Å². The summed E-state index contributed by atoms with van der Waals surface area (Å²) in [7, 11) is 0. The Bertz CT molecular complexity index is 485. The highest BCUT2D eigenvalue weighted by atomic mass is 16.2. The number of para-hydroxylation sites is 1. The largest absolute Gasteiger partial charge is 0.368 e.